The molecule has 4 rings (SSSR count). The minimum atomic E-state index is 0.763. The van der Waals surface area contributed by atoms with Gasteiger partial charge in [0.05, 0.1) is 0 Å². The zero-order valence-electron chi connectivity index (χ0n) is 12.5. The minimum Gasteiger partial charge on any atom is -0.0843 e. The van der Waals surface area contributed by atoms with Gasteiger partial charge >= 0.3 is 0 Å². The Bertz CT molecular complexity index is 968. The molecule has 0 nitrogen and oxygen atoms in total. The zero-order chi connectivity index (χ0) is 15.6. The van der Waals surface area contributed by atoms with E-state index in [-0.39, 0.29) is 0 Å². The van der Waals surface area contributed by atoms with Crippen LogP contribution in [0.1, 0.15) is 0 Å². The van der Waals surface area contributed by atoms with Crippen LogP contribution < -0.4 is 0 Å². The van der Waals surface area contributed by atoms with E-state index in [9.17, 15) is 0 Å². The van der Waals surface area contributed by atoms with Crippen LogP contribution in [0.3, 0.4) is 0 Å². The van der Waals surface area contributed by atoms with E-state index in [1.165, 1.54) is 33.0 Å². The van der Waals surface area contributed by atoms with Crippen LogP contribution in [0.5, 0.6) is 0 Å². The summed E-state index contributed by atoms with van der Waals surface area (Å²) in [7, 11) is 0. The van der Waals surface area contributed by atoms with E-state index in [1.54, 1.807) is 0 Å². The number of benzene rings is 4. The van der Waals surface area contributed by atoms with Crippen molar-refractivity contribution in [2.24, 2.45) is 0 Å². The number of halogens is 1. The van der Waals surface area contributed by atoms with Gasteiger partial charge in [0.2, 0.25) is 0 Å². The summed E-state index contributed by atoms with van der Waals surface area (Å²) in [5.41, 5.74) is 4.84. The molecular formula is C22H15Cl. The number of rotatable bonds is 2. The standard InChI is InChI=1S/C22H15Cl/c23-22-12-10-17(11-13-22)19-6-3-7-20(14-19)21-9-8-16-4-1-2-5-18(16)15-21/h1-15H. The maximum Gasteiger partial charge on any atom is 0.0406 e. The molecule has 0 heterocycles. The highest BCUT2D eigenvalue weighted by atomic mass is 35.5. The fourth-order valence-corrected chi connectivity index (χ4v) is 3.02. The summed E-state index contributed by atoms with van der Waals surface area (Å²) in [4.78, 5) is 0. The molecule has 0 aliphatic heterocycles. The zero-order valence-corrected chi connectivity index (χ0v) is 13.3. The van der Waals surface area contributed by atoms with E-state index in [0.29, 0.717) is 0 Å². The van der Waals surface area contributed by atoms with Crippen molar-refractivity contribution in [2.45, 2.75) is 0 Å². The van der Waals surface area contributed by atoms with E-state index < -0.39 is 0 Å². The van der Waals surface area contributed by atoms with Crippen LogP contribution in [0.4, 0.5) is 0 Å². The van der Waals surface area contributed by atoms with Gasteiger partial charge in [-0.1, -0.05) is 78.3 Å². The molecule has 0 atom stereocenters. The molecule has 0 bridgehead atoms. The average molecular weight is 315 g/mol. The summed E-state index contributed by atoms with van der Waals surface area (Å²) < 4.78 is 0. The lowest BCUT2D eigenvalue weighted by Crippen LogP contribution is -1.82. The lowest BCUT2D eigenvalue weighted by molar-refractivity contribution is 1.60. The lowest BCUT2D eigenvalue weighted by atomic mass is 9.97. The molecule has 23 heavy (non-hydrogen) atoms. The molecule has 4 aromatic carbocycles. The topological polar surface area (TPSA) is 0 Å². The average Bonchev–Trinajstić information content (AvgIpc) is 2.62. The third-order valence-corrected chi connectivity index (χ3v) is 4.37. The molecule has 0 aliphatic rings. The molecule has 0 radical (unpaired) electrons. The molecule has 0 aliphatic carbocycles. The smallest absolute Gasteiger partial charge is 0.0406 e. The van der Waals surface area contributed by atoms with E-state index in [4.69, 9.17) is 11.6 Å². The van der Waals surface area contributed by atoms with Crippen molar-refractivity contribution >= 4 is 22.4 Å². The van der Waals surface area contributed by atoms with Gasteiger partial charge in [-0.05, 0) is 57.3 Å². The summed E-state index contributed by atoms with van der Waals surface area (Å²) in [6, 6.07) is 31.7. The van der Waals surface area contributed by atoms with Gasteiger partial charge in [-0.25, -0.2) is 0 Å². The number of hydrogen-bond acceptors (Lipinski definition) is 0. The van der Waals surface area contributed by atoms with Crippen molar-refractivity contribution in [3.05, 3.63) is 96.0 Å². The van der Waals surface area contributed by atoms with Crippen molar-refractivity contribution in [1.82, 2.24) is 0 Å². The van der Waals surface area contributed by atoms with Crippen molar-refractivity contribution in [3.63, 3.8) is 0 Å². The van der Waals surface area contributed by atoms with E-state index in [2.05, 4.69) is 78.9 Å². The first kappa shape index (κ1) is 14.0. The van der Waals surface area contributed by atoms with E-state index >= 15 is 0 Å². The first-order chi connectivity index (χ1) is 11.3. The molecule has 0 unspecified atom stereocenters. The van der Waals surface area contributed by atoms with Crippen molar-refractivity contribution < 1.29 is 0 Å². The van der Waals surface area contributed by atoms with Gasteiger partial charge in [0, 0.05) is 5.02 Å². The SMILES string of the molecule is Clc1ccc(-c2cccc(-c3ccc4ccccc4c3)c2)cc1. The maximum absolute atomic E-state index is 5.98. The molecule has 0 saturated carbocycles. The Hall–Kier alpha value is -2.57. The van der Waals surface area contributed by atoms with Crippen LogP contribution in [-0.4, -0.2) is 0 Å². The van der Waals surface area contributed by atoms with Crippen LogP contribution in [0.15, 0.2) is 91.0 Å². The molecule has 0 fully saturated rings. The molecular weight excluding hydrogens is 300 g/mol. The first-order valence-corrected chi connectivity index (χ1v) is 8.03. The van der Waals surface area contributed by atoms with Gasteiger partial charge in [0.25, 0.3) is 0 Å². The predicted molar refractivity (Wildman–Crippen MR) is 99.8 cm³/mol. The van der Waals surface area contributed by atoms with Crippen LogP contribution in [0.25, 0.3) is 33.0 Å². The van der Waals surface area contributed by atoms with Gasteiger partial charge in [0.15, 0.2) is 0 Å². The van der Waals surface area contributed by atoms with Gasteiger partial charge in [-0.2, -0.15) is 0 Å². The fourth-order valence-electron chi connectivity index (χ4n) is 2.89. The van der Waals surface area contributed by atoms with Gasteiger partial charge in [-0.3, -0.25) is 0 Å². The summed E-state index contributed by atoms with van der Waals surface area (Å²) >= 11 is 5.98. The third kappa shape index (κ3) is 2.86. The fraction of sp³-hybridized carbons (Fsp3) is 0. The summed E-state index contributed by atoms with van der Waals surface area (Å²) in [6.45, 7) is 0. The molecule has 4 aromatic rings. The largest absolute Gasteiger partial charge is 0.0843 e. The van der Waals surface area contributed by atoms with Crippen LogP contribution in [0, 0.1) is 0 Å². The van der Waals surface area contributed by atoms with E-state index in [1.807, 2.05) is 12.1 Å². The van der Waals surface area contributed by atoms with Crippen LogP contribution >= 0.6 is 11.6 Å². The second-order valence-corrected chi connectivity index (χ2v) is 6.09. The van der Waals surface area contributed by atoms with Crippen LogP contribution in [-0.2, 0) is 0 Å². The monoisotopic (exact) mass is 314 g/mol. The van der Waals surface area contributed by atoms with Crippen molar-refractivity contribution in [2.75, 3.05) is 0 Å². The minimum absolute atomic E-state index is 0.763. The first-order valence-electron chi connectivity index (χ1n) is 7.65. The third-order valence-electron chi connectivity index (χ3n) is 4.12. The predicted octanol–water partition coefficient (Wildman–Crippen LogP) is 6.83. The van der Waals surface area contributed by atoms with Gasteiger partial charge in [-0.15, -0.1) is 0 Å². The molecule has 0 amide bonds. The van der Waals surface area contributed by atoms with Crippen LogP contribution in [0.2, 0.25) is 5.02 Å². The highest BCUT2D eigenvalue weighted by Gasteiger charge is 2.03. The summed E-state index contributed by atoms with van der Waals surface area (Å²) in [5, 5.41) is 3.30. The highest BCUT2D eigenvalue weighted by molar-refractivity contribution is 6.30. The Morgan fingerprint density at radius 1 is 0.435 bits per heavy atom. The molecule has 1 heteroatoms. The Balaban J connectivity index is 1.79. The van der Waals surface area contributed by atoms with Gasteiger partial charge in [0.1, 0.15) is 0 Å². The number of hydrogen-bond donors (Lipinski definition) is 0. The second kappa shape index (κ2) is 5.91. The molecule has 110 valence electrons. The Morgan fingerprint density at radius 2 is 1.04 bits per heavy atom. The second-order valence-electron chi connectivity index (χ2n) is 5.65. The Morgan fingerprint density at radius 3 is 1.83 bits per heavy atom. The van der Waals surface area contributed by atoms with Crippen molar-refractivity contribution in [1.29, 1.82) is 0 Å². The van der Waals surface area contributed by atoms with Crippen molar-refractivity contribution in [3.8, 4) is 22.3 Å². The summed E-state index contributed by atoms with van der Waals surface area (Å²) in [5.74, 6) is 0. The Labute approximate surface area is 141 Å². The quantitative estimate of drug-likeness (QED) is 0.380. The Kier molecular flexibility index (Phi) is 3.61. The number of fused-ring (bicyclic) bond motifs is 1. The van der Waals surface area contributed by atoms with Gasteiger partial charge < -0.3 is 0 Å². The maximum atomic E-state index is 5.98. The summed E-state index contributed by atoms with van der Waals surface area (Å²) in [6.07, 6.45) is 0. The molecule has 0 spiro atoms. The molecule has 0 N–H and O–H groups in total. The highest BCUT2D eigenvalue weighted by Crippen LogP contribution is 2.29. The lowest BCUT2D eigenvalue weighted by Gasteiger charge is -2.07. The molecule has 0 aromatic heterocycles. The molecule has 0 saturated heterocycles. The van der Waals surface area contributed by atoms with E-state index in [0.717, 1.165) is 5.02 Å². The normalized spacial score (nSPS) is 10.8.